The lowest BCUT2D eigenvalue weighted by atomic mass is 10.1. The van der Waals surface area contributed by atoms with Gasteiger partial charge in [0.25, 0.3) is 5.91 Å². The lowest BCUT2D eigenvalue weighted by Gasteiger charge is -2.35. The molecular formula is C21H24N10O5. The number of tetrazole rings is 1. The smallest absolute Gasteiger partial charge is 0.329 e. The number of fused-ring (bicyclic) bond motifs is 4. The average molecular weight is 496 g/mol. The van der Waals surface area contributed by atoms with Crippen LogP contribution < -0.4 is 25.2 Å². The third-order valence-corrected chi connectivity index (χ3v) is 5.83. The maximum Gasteiger partial charge on any atom is 0.329 e. The molecule has 15 heteroatoms. The molecule has 2 aliphatic rings. The number of rotatable bonds is 8. The zero-order valence-electron chi connectivity index (χ0n) is 19.0. The predicted octanol–water partition coefficient (Wildman–Crippen LogP) is -0.718. The van der Waals surface area contributed by atoms with Crippen molar-refractivity contribution in [3.63, 3.8) is 0 Å². The molecule has 3 aromatic rings. The summed E-state index contributed by atoms with van der Waals surface area (Å²) < 4.78 is 5.43. The van der Waals surface area contributed by atoms with E-state index in [1.165, 1.54) is 12.3 Å². The molecule has 0 unspecified atom stereocenters. The summed E-state index contributed by atoms with van der Waals surface area (Å²) in [6, 6.07) is 5.93. The molecule has 0 radical (unpaired) electrons. The molecule has 188 valence electrons. The van der Waals surface area contributed by atoms with Crippen molar-refractivity contribution >= 4 is 29.3 Å². The lowest BCUT2D eigenvalue weighted by Crippen LogP contribution is -2.48. The Labute approximate surface area is 204 Å². The number of aliphatic hydroxyl groups excluding tert-OH is 2. The van der Waals surface area contributed by atoms with Crippen molar-refractivity contribution in [3.8, 4) is 5.75 Å². The van der Waals surface area contributed by atoms with E-state index in [1.807, 2.05) is 0 Å². The summed E-state index contributed by atoms with van der Waals surface area (Å²) in [5.41, 5.74) is 0.912. The summed E-state index contributed by atoms with van der Waals surface area (Å²) in [4.78, 5) is 38.5. The van der Waals surface area contributed by atoms with Crippen LogP contribution in [0.3, 0.4) is 0 Å². The number of amides is 3. The van der Waals surface area contributed by atoms with E-state index < -0.39 is 24.6 Å². The quantitative estimate of drug-likeness (QED) is 0.264. The Morgan fingerprint density at radius 1 is 1.31 bits per heavy atom. The molecule has 3 aromatic heterocycles. The van der Waals surface area contributed by atoms with Crippen LogP contribution in [0.2, 0.25) is 0 Å². The number of H-pyrrole nitrogens is 1. The Hall–Kier alpha value is -4.37. The van der Waals surface area contributed by atoms with Crippen LogP contribution in [-0.4, -0.2) is 91.2 Å². The zero-order valence-corrected chi connectivity index (χ0v) is 19.0. The Bertz CT molecular complexity index is 1240. The van der Waals surface area contributed by atoms with Gasteiger partial charge in [0.05, 0.1) is 24.9 Å². The Morgan fingerprint density at radius 3 is 3.00 bits per heavy atom. The highest BCUT2D eigenvalue weighted by Crippen LogP contribution is 2.39. The largest absolute Gasteiger partial charge is 0.491 e. The molecule has 0 saturated carbocycles. The van der Waals surface area contributed by atoms with Gasteiger partial charge in [0.15, 0.2) is 11.6 Å². The van der Waals surface area contributed by atoms with E-state index in [2.05, 4.69) is 46.1 Å². The highest BCUT2D eigenvalue weighted by atomic mass is 16.5. The third-order valence-electron chi connectivity index (χ3n) is 5.83. The van der Waals surface area contributed by atoms with Gasteiger partial charge in [-0.1, -0.05) is 0 Å². The molecule has 0 aromatic carbocycles. The number of hydrogen-bond acceptors (Lipinski definition) is 11. The van der Waals surface area contributed by atoms with E-state index in [4.69, 9.17) is 9.84 Å². The molecule has 0 spiro atoms. The second-order valence-electron chi connectivity index (χ2n) is 8.28. The van der Waals surface area contributed by atoms with Gasteiger partial charge in [-0.25, -0.2) is 19.9 Å². The van der Waals surface area contributed by atoms with Crippen LogP contribution in [0.5, 0.6) is 5.75 Å². The minimum atomic E-state index is -1.02. The monoisotopic (exact) mass is 496 g/mol. The Balaban J connectivity index is 1.34. The molecule has 36 heavy (non-hydrogen) atoms. The van der Waals surface area contributed by atoms with Crippen molar-refractivity contribution < 1.29 is 24.5 Å². The molecule has 1 fully saturated rings. The zero-order chi connectivity index (χ0) is 25.1. The van der Waals surface area contributed by atoms with Gasteiger partial charge in [0, 0.05) is 25.4 Å². The summed E-state index contributed by atoms with van der Waals surface area (Å²) >= 11 is 0. The molecule has 2 aliphatic heterocycles. The standard InChI is InChI=1S/C21H24N10O5/c32-10-13(33)11-36-14-3-5-22-17(7-14)25-21(35)31-12-4-6-30(9-12)16-2-1-15(24-19(16)31)20(34)23-8-18-26-28-29-27-18/h1-3,5,7,12-13,32-33H,4,6,8-11H2,(H,23,34)(H,22,25,35)(H,26,27,28,29)/t12-,13+/m0/s1. The van der Waals surface area contributed by atoms with Crippen LogP contribution in [0.4, 0.5) is 22.1 Å². The number of pyridine rings is 2. The fourth-order valence-corrected chi connectivity index (χ4v) is 4.09. The van der Waals surface area contributed by atoms with E-state index in [1.54, 1.807) is 23.1 Å². The number of ether oxygens (including phenoxy) is 1. The number of hydrogen-bond donors (Lipinski definition) is 5. The normalized spacial score (nSPS) is 16.9. The van der Waals surface area contributed by atoms with Gasteiger partial charge >= 0.3 is 6.03 Å². The maximum absolute atomic E-state index is 13.4. The molecule has 2 atom stereocenters. The van der Waals surface area contributed by atoms with Crippen molar-refractivity contribution in [3.05, 3.63) is 42.0 Å². The van der Waals surface area contributed by atoms with Crippen molar-refractivity contribution in [1.29, 1.82) is 0 Å². The Morgan fingerprint density at radius 2 is 2.19 bits per heavy atom. The van der Waals surface area contributed by atoms with Crippen LogP contribution >= 0.6 is 0 Å². The van der Waals surface area contributed by atoms with Crippen LogP contribution in [0.1, 0.15) is 22.7 Å². The molecule has 3 amide bonds. The van der Waals surface area contributed by atoms with Gasteiger partial charge < -0.3 is 25.2 Å². The maximum atomic E-state index is 13.4. The second-order valence-corrected chi connectivity index (χ2v) is 8.28. The number of aromatic amines is 1. The molecule has 15 nitrogen and oxygen atoms in total. The summed E-state index contributed by atoms with van der Waals surface area (Å²) in [6.07, 6.45) is 1.19. The predicted molar refractivity (Wildman–Crippen MR) is 125 cm³/mol. The van der Waals surface area contributed by atoms with Gasteiger partial charge in [0.2, 0.25) is 0 Å². The van der Waals surface area contributed by atoms with Gasteiger partial charge in [-0.3, -0.25) is 15.0 Å². The first-order chi connectivity index (χ1) is 17.5. The van der Waals surface area contributed by atoms with E-state index in [0.29, 0.717) is 23.9 Å². The first kappa shape index (κ1) is 23.4. The lowest BCUT2D eigenvalue weighted by molar-refractivity contribution is 0.0536. The summed E-state index contributed by atoms with van der Waals surface area (Å²) in [7, 11) is 0. The van der Waals surface area contributed by atoms with Crippen LogP contribution in [0.25, 0.3) is 0 Å². The molecule has 5 heterocycles. The molecule has 1 saturated heterocycles. The SMILES string of the molecule is O=C(NCc1nnn[nH]1)c1ccc2c(n1)N(C(=O)Nc1cc(OC[C@H](O)CO)ccn1)[C@H]1CCN2C1. The molecule has 2 bridgehead atoms. The Kier molecular flexibility index (Phi) is 6.55. The molecular weight excluding hydrogens is 472 g/mol. The summed E-state index contributed by atoms with van der Waals surface area (Å²) in [5, 5.41) is 37.1. The van der Waals surface area contributed by atoms with Crippen LogP contribution in [0.15, 0.2) is 30.5 Å². The minimum Gasteiger partial charge on any atom is -0.491 e. The van der Waals surface area contributed by atoms with Crippen molar-refractivity contribution in [2.24, 2.45) is 0 Å². The minimum absolute atomic E-state index is 0.100. The fourth-order valence-electron chi connectivity index (χ4n) is 4.09. The second kappa shape index (κ2) is 10.1. The fraction of sp³-hybridized carbons (Fsp3) is 0.381. The first-order valence-corrected chi connectivity index (χ1v) is 11.3. The summed E-state index contributed by atoms with van der Waals surface area (Å²) in [6.45, 7) is 0.991. The highest BCUT2D eigenvalue weighted by Gasteiger charge is 2.40. The van der Waals surface area contributed by atoms with Gasteiger partial charge in [0.1, 0.15) is 30.0 Å². The van der Waals surface area contributed by atoms with E-state index in [9.17, 15) is 14.7 Å². The van der Waals surface area contributed by atoms with E-state index in [0.717, 1.165) is 18.7 Å². The molecule has 0 aliphatic carbocycles. The summed E-state index contributed by atoms with van der Waals surface area (Å²) in [5.74, 6) is 0.967. The van der Waals surface area contributed by atoms with Gasteiger partial charge in [-0.05, 0) is 35.0 Å². The van der Waals surface area contributed by atoms with E-state index >= 15 is 0 Å². The van der Waals surface area contributed by atoms with Crippen molar-refractivity contribution in [2.45, 2.75) is 25.1 Å². The first-order valence-electron chi connectivity index (χ1n) is 11.3. The number of nitrogens with zero attached hydrogens (tertiary/aromatic N) is 7. The number of carbonyl (C=O) groups is 2. The number of anilines is 3. The topological polar surface area (TPSA) is 195 Å². The van der Waals surface area contributed by atoms with Gasteiger partial charge in [-0.2, -0.15) is 0 Å². The van der Waals surface area contributed by atoms with E-state index in [-0.39, 0.29) is 30.7 Å². The third kappa shape index (κ3) is 4.87. The molecule has 5 rings (SSSR count). The number of urea groups is 1. The molecule has 5 N–H and O–H groups in total. The van der Waals surface area contributed by atoms with Crippen LogP contribution in [-0.2, 0) is 6.54 Å². The number of carbonyl (C=O) groups excluding carboxylic acids is 2. The highest BCUT2D eigenvalue weighted by molar-refractivity contribution is 6.05. The number of aliphatic hydroxyl groups is 2. The average Bonchev–Trinajstić information content (AvgIpc) is 3.57. The number of aromatic nitrogens is 6. The number of nitrogens with one attached hydrogen (secondary N) is 3. The van der Waals surface area contributed by atoms with Crippen molar-refractivity contribution in [1.82, 2.24) is 35.9 Å². The van der Waals surface area contributed by atoms with Gasteiger partial charge in [-0.15, -0.1) is 5.10 Å². The van der Waals surface area contributed by atoms with Crippen molar-refractivity contribution in [2.75, 3.05) is 41.4 Å². The van der Waals surface area contributed by atoms with Crippen LogP contribution in [0, 0.1) is 0 Å².